The highest BCUT2D eigenvalue weighted by Gasteiger charge is 2.32. The van der Waals surface area contributed by atoms with Gasteiger partial charge in [0.05, 0.1) is 11.4 Å². The van der Waals surface area contributed by atoms with E-state index in [1.807, 2.05) is 56.4 Å². The van der Waals surface area contributed by atoms with Crippen molar-refractivity contribution in [1.82, 2.24) is 4.90 Å². The molecule has 0 radical (unpaired) electrons. The van der Waals surface area contributed by atoms with Crippen molar-refractivity contribution < 1.29 is 9.59 Å². The number of amides is 2. The number of likely N-dealkylation sites (N-methyl/N-ethyl adjacent to an activating group) is 2. The normalized spacial score (nSPS) is 15.7. The zero-order valence-electron chi connectivity index (χ0n) is 13.6. The van der Waals surface area contributed by atoms with Crippen molar-refractivity contribution in [2.45, 2.75) is 6.92 Å². The Kier molecular flexibility index (Phi) is 4.35. The second-order valence-electron chi connectivity index (χ2n) is 5.61. The van der Waals surface area contributed by atoms with Gasteiger partial charge in [0, 0.05) is 34.4 Å². The summed E-state index contributed by atoms with van der Waals surface area (Å²) in [6.07, 6.45) is 3.51. The lowest BCUT2D eigenvalue weighted by atomic mass is 10.1. The quantitative estimate of drug-likeness (QED) is 0.620. The molecule has 116 valence electrons. The highest BCUT2D eigenvalue weighted by molar-refractivity contribution is 6.30. The van der Waals surface area contributed by atoms with E-state index >= 15 is 0 Å². The summed E-state index contributed by atoms with van der Waals surface area (Å²) in [5, 5.41) is 0. The van der Waals surface area contributed by atoms with Gasteiger partial charge in [0.2, 0.25) is 0 Å². The smallest absolute Gasteiger partial charge is 0.263 e. The molecule has 0 saturated heterocycles. The van der Waals surface area contributed by atoms with E-state index in [1.165, 1.54) is 9.80 Å². The van der Waals surface area contributed by atoms with Gasteiger partial charge in [-0.05, 0) is 30.7 Å². The molecule has 0 saturated carbocycles. The number of nitrogens with zero attached hydrogens (tertiary/aromatic N) is 3. The number of hydrogen-bond acceptors (Lipinski definition) is 3. The van der Waals surface area contributed by atoms with E-state index in [-0.39, 0.29) is 17.4 Å². The Hall–Kier alpha value is -2.56. The molecule has 1 aromatic carbocycles. The molecule has 0 bridgehead atoms. The molecule has 0 spiro atoms. The maximum atomic E-state index is 12.7. The molecule has 5 heteroatoms. The number of rotatable bonds is 2. The van der Waals surface area contributed by atoms with Crippen LogP contribution in [0.4, 0.5) is 11.4 Å². The monoisotopic (exact) mass is 299 g/mol. The van der Waals surface area contributed by atoms with Crippen LogP contribution in [0.5, 0.6) is 0 Å². The zero-order chi connectivity index (χ0) is 16.4. The van der Waals surface area contributed by atoms with Crippen molar-refractivity contribution in [2.75, 3.05) is 38.0 Å². The molecule has 0 aromatic heterocycles. The van der Waals surface area contributed by atoms with E-state index < -0.39 is 0 Å². The molecule has 5 nitrogen and oxygen atoms in total. The first-order chi connectivity index (χ1) is 10.3. The van der Waals surface area contributed by atoms with Gasteiger partial charge < -0.3 is 14.7 Å². The van der Waals surface area contributed by atoms with E-state index in [4.69, 9.17) is 0 Å². The number of anilines is 2. The average Bonchev–Trinajstić information content (AvgIpc) is 2.54. The van der Waals surface area contributed by atoms with Crippen LogP contribution in [0.2, 0.25) is 0 Å². The SMILES string of the molecule is C/C(C=C1C(=O)N(C)c2ccccc2N(C)C1=O)=C\N(C)C. The number of hydrogen-bond donors (Lipinski definition) is 0. The van der Waals surface area contributed by atoms with Crippen molar-refractivity contribution >= 4 is 23.2 Å². The van der Waals surface area contributed by atoms with Crippen molar-refractivity contribution in [1.29, 1.82) is 0 Å². The first-order valence-electron chi connectivity index (χ1n) is 7.04. The van der Waals surface area contributed by atoms with Crippen LogP contribution in [0.1, 0.15) is 6.92 Å². The number of benzene rings is 1. The van der Waals surface area contributed by atoms with Gasteiger partial charge in [0.25, 0.3) is 11.8 Å². The number of carbonyl (C=O) groups is 2. The lowest BCUT2D eigenvalue weighted by Crippen LogP contribution is -2.32. The largest absolute Gasteiger partial charge is 0.383 e. The van der Waals surface area contributed by atoms with Crippen LogP contribution in [-0.4, -0.2) is 44.9 Å². The van der Waals surface area contributed by atoms with Crippen molar-refractivity contribution in [3.8, 4) is 0 Å². The zero-order valence-corrected chi connectivity index (χ0v) is 13.6. The number of carbonyl (C=O) groups excluding carboxylic acids is 2. The highest BCUT2D eigenvalue weighted by atomic mass is 16.2. The van der Waals surface area contributed by atoms with Crippen LogP contribution in [0.3, 0.4) is 0 Å². The van der Waals surface area contributed by atoms with Crippen molar-refractivity contribution in [3.05, 3.63) is 47.7 Å². The maximum Gasteiger partial charge on any atom is 0.263 e. The fourth-order valence-electron chi connectivity index (χ4n) is 2.50. The minimum Gasteiger partial charge on any atom is -0.383 e. The predicted molar refractivity (Wildman–Crippen MR) is 88.8 cm³/mol. The van der Waals surface area contributed by atoms with Crippen molar-refractivity contribution in [3.63, 3.8) is 0 Å². The summed E-state index contributed by atoms with van der Waals surface area (Å²) in [5.41, 5.74) is 2.45. The van der Waals surface area contributed by atoms with E-state index in [2.05, 4.69) is 0 Å². The van der Waals surface area contributed by atoms with Crippen LogP contribution in [0.25, 0.3) is 0 Å². The van der Waals surface area contributed by atoms with E-state index in [1.54, 1.807) is 20.2 Å². The molecule has 2 rings (SSSR count). The Balaban J connectivity index is 2.55. The van der Waals surface area contributed by atoms with E-state index in [9.17, 15) is 9.59 Å². The number of allylic oxidation sites excluding steroid dienone is 2. The molecule has 1 aromatic rings. The molecule has 1 aliphatic heterocycles. The molecule has 0 atom stereocenters. The van der Waals surface area contributed by atoms with Crippen LogP contribution in [0, 0.1) is 0 Å². The van der Waals surface area contributed by atoms with Gasteiger partial charge in [-0.15, -0.1) is 0 Å². The van der Waals surface area contributed by atoms with Gasteiger partial charge in [0.15, 0.2) is 0 Å². The van der Waals surface area contributed by atoms with Gasteiger partial charge in [0.1, 0.15) is 5.57 Å². The number of fused-ring (bicyclic) bond motifs is 1. The first-order valence-corrected chi connectivity index (χ1v) is 7.04. The Morgan fingerprint density at radius 1 is 1.00 bits per heavy atom. The summed E-state index contributed by atoms with van der Waals surface area (Å²) in [6, 6.07) is 7.38. The average molecular weight is 299 g/mol. The van der Waals surface area contributed by atoms with E-state index in [0.29, 0.717) is 0 Å². The van der Waals surface area contributed by atoms with Crippen LogP contribution in [0.15, 0.2) is 47.7 Å². The standard InChI is InChI=1S/C17H21N3O2/c1-12(11-18(2)3)10-13-16(21)19(4)14-8-6-7-9-15(14)20(5)17(13)22/h6-11H,1-5H3/b12-11+. The summed E-state index contributed by atoms with van der Waals surface area (Å²) in [5.74, 6) is -0.596. The highest BCUT2D eigenvalue weighted by Crippen LogP contribution is 2.32. The molecule has 0 N–H and O–H groups in total. The van der Waals surface area contributed by atoms with Crippen LogP contribution < -0.4 is 9.80 Å². The Morgan fingerprint density at radius 3 is 1.86 bits per heavy atom. The first kappa shape index (κ1) is 15.8. The van der Waals surface area contributed by atoms with Crippen LogP contribution in [-0.2, 0) is 9.59 Å². The fourth-order valence-corrected chi connectivity index (χ4v) is 2.50. The Bertz CT molecular complexity index is 631. The van der Waals surface area contributed by atoms with Crippen LogP contribution >= 0.6 is 0 Å². The summed E-state index contributed by atoms with van der Waals surface area (Å²) in [7, 11) is 7.17. The van der Waals surface area contributed by atoms with Gasteiger partial charge in [-0.2, -0.15) is 0 Å². The summed E-state index contributed by atoms with van der Waals surface area (Å²) in [4.78, 5) is 30.2. The summed E-state index contributed by atoms with van der Waals surface area (Å²) < 4.78 is 0. The molecule has 0 fully saturated rings. The van der Waals surface area contributed by atoms with Gasteiger partial charge in [-0.3, -0.25) is 9.59 Å². The minimum atomic E-state index is -0.298. The van der Waals surface area contributed by atoms with E-state index in [0.717, 1.165) is 16.9 Å². The molecule has 0 unspecified atom stereocenters. The van der Waals surface area contributed by atoms with Gasteiger partial charge in [-0.1, -0.05) is 12.1 Å². The van der Waals surface area contributed by atoms with Crippen molar-refractivity contribution in [2.24, 2.45) is 0 Å². The molecule has 0 aliphatic carbocycles. The Morgan fingerprint density at radius 2 is 1.45 bits per heavy atom. The lowest BCUT2D eigenvalue weighted by Gasteiger charge is -2.19. The van der Waals surface area contributed by atoms with Gasteiger partial charge >= 0.3 is 0 Å². The lowest BCUT2D eigenvalue weighted by molar-refractivity contribution is -0.120. The third-order valence-electron chi connectivity index (χ3n) is 3.51. The third-order valence-corrected chi connectivity index (χ3v) is 3.51. The molecule has 2 amide bonds. The Labute approximate surface area is 131 Å². The maximum absolute atomic E-state index is 12.7. The topological polar surface area (TPSA) is 43.9 Å². The summed E-state index contributed by atoms with van der Waals surface area (Å²) in [6.45, 7) is 1.87. The number of para-hydroxylation sites is 2. The summed E-state index contributed by atoms with van der Waals surface area (Å²) >= 11 is 0. The fraction of sp³-hybridized carbons (Fsp3) is 0.294. The predicted octanol–water partition coefficient (Wildman–Crippen LogP) is 2.02. The molecule has 22 heavy (non-hydrogen) atoms. The molecule has 1 heterocycles. The second kappa shape index (κ2) is 6.05. The third kappa shape index (κ3) is 2.88. The molecular formula is C17H21N3O2. The minimum absolute atomic E-state index is 0.164. The van der Waals surface area contributed by atoms with Gasteiger partial charge in [-0.25, -0.2) is 0 Å². The molecule has 1 aliphatic rings. The molecular weight excluding hydrogens is 278 g/mol. The second-order valence-corrected chi connectivity index (χ2v) is 5.61.